The van der Waals surface area contributed by atoms with E-state index in [4.69, 9.17) is 16.3 Å². The van der Waals surface area contributed by atoms with E-state index in [0.29, 0.717) is 44.2 Å². The van der Waals surface area contributed by atoms with Gasteiger partial charge in [0.1, 0.15) is 5.69 Å². The Hall–Kier alpha value is -3.23. The summed E-state index contributed by atoms with van der Waals surface area (Å²) in [7, 11) is 0. The Labute approximate surface area is 191 Å². The van der Waals surface area contributed by atoms with Gasteiger partial charge in [-0.05, 0) is 49.7 Å². The van der Waals surface area contributed by atoms with E-state index in [1.54, 1.807) is 28.9 Å². The highest BCUT2D eigenvalue weighted by Crippen LogP contribution is 2.20. The smallest absolute Gasteiger partial charge is 0.275 e. The number of hydrogen-bond donors (Lipinski definition) is 1. The van der Waals surface area contributed by atoms with Crippen LogP contribution in [0.4, 0.5) is 5.69 Å². The molecule has 1 N–H and O–H groups in total. The molecule has 1 aliphatic heterocycles. The number of pyridine rings is 1. The first-order chi connectivity index (χ1) is 15.4. The molecular weight excluding hydrogens is 430 g/mol. The lowest BCUT2D eigenvalue weighted by atomic mass is 10.1. The van der Waals surface area contributed by atoms with Gasteiger partial charge in [-0.3, -0.25) is 9.59 Å². The fourth-order valence-corrected chi connectivity index (χ4v) is 3.76. The van der Waals surface area contributed by atoms with Crippen molar-refractivity contribution in [3.8, 4) is 5.82 Å². The van der Waals surface area contributed by atoms with Gasteiger partial charge in [0.05, 0.1) is 30.4 Å². The zero-order chi connectivity index (χ0) is 22.7. The Morgan fingerprint density at radius 1 is 1.09 bits per heavy atom. The third-order valence-electron chi connectivity index (χ3n) is 5.20. The van der Waals surface area contributed by atoms with Crippen LogP contribution in [0.2, 0.25) is 5.02 Å². The largest absolute Gasteiger partial charge is 0.378 e. The zero-order valence-corrected chi connectivity index (χ0v) is 18.7. The second-order valence-corrected chi connectivity index (χ2v) is 8.07. The molecule has 0 atom stereocenters. The highest BCUT2D eigenvalue weighted by Gasteiger charge is 2.18. The van der Waals surface area contributed by atoms with Crippen LogP contribution in [-0.4, -0.2) is 57.8 Å². The van der Waals surface area contributed by atoms with Gasteiger partial charge in [0, 0.05) is 24.5 Å². The number of benzene rings is 1. The molecule has 32 heavy (non-hydrogen) atoms. The third-order valence-corrected chi connectivity index (χ3v) is 5.51. The number of anilines is 1. The van der Waals surface area contributed by atoms with E-state index in [1.165, 1.54) is 0 Å². The Morgan fingerprint density at radius 3 is 2.47 bits per heavy atom. The van der Waals surface area contributed by atoms with Crippen molar-refractivity contribution in [2.75, 3.05) is 31.6 Å². The lowest BCUT2D eigenvalue weighted by Crippen LogP contribution is -2.41. The molecular formula is C23H24ClN5O3. The first kappa shape index (κ1) is 22.0. The van der Waals surface area contributed by atoms with Crippen molar-refractivity contribution in [3.63, 3.8) is 0 Å². The lowest BCUT2D eigenvalue weighted by molar-refractivity contribution is -0.134. The van der Waals surface area contributed by atoms with Crippen LogP contribution < -0.4 is 5.32 Å². The first-order valence-electron chi connectivity index (χ1n) is 10.4. The molecule has 9 heteroatoms. The Morgan fingerprint density at radius 2 is 1.81 bits per heavy atom. The number of rotatable bonds is 5. The fourth-order valence-electron chi connectivity index (χ4n) is 3.57. The van der Waals surface area contributed by atoms with Crippen molar-refractivity contribution >= 4 is 29.1 Å². The monoisotopic (exact) mass is 453 g/mol. The molecule has 4 rings (SSSR count). The van der Waals surface area contributed by atoms with Gasteiger partial charge in [-0.15, -0.1) is 0 Å². The van der Waals surface area contributed by atoms with Crippen molar-refractivity contribution < 1.29 is 14.3 Å². The summed E-state index contributed by atoms with van der Waals surface area (Å²) in [6.45, 7) is 6.21. The predicted octanol–water partition coefficient (Wildman–Crippen LogP) is 3.19. The van der Waals surface area contributed by atoms with Crippen LogP contribution in [-0.2, 0) is 16.0 Å². The Balaban J connectivity index is 1.44. The molecule has 1 fully saturated rings. The number of halogens is 1. The number of hydrogen-bond acceptors (Lipinski definition) is 5. The number of carbonyl (C=O) groups excluding carboxylic acids is 2. The maximum Gasteiger partial charge on any atom is 0.275 e. The van der Waals surface area contributed by atoms with E-state index in [2.05, 4.69) is 15.4 Å². The Kier molecular flexibility index (Phi) is 6.53. The second-order valence-electron chi connectivity index (χ2n) is 7.66. The summed E-state index contributed by atoms with van der Waals surface area (Å²) in [5.41, 5.74) is 3.35. The molecule has 8 nitrogen and oxygen atoms in total. The van der Waals surface area contributed by atoms with Crippen molar-refractivity contribution in [3.05, 3.63) is 70.1 Å². The van der Waals surface area contributed by atoms with Crippen LogP contribution in [0.3, 0.4) is 0 Å². The van der Waals surface area contributed by atoms with Crippen LogP contribution in [0.1, 0.15) is 27.4 Å². The third kappa shape index (κ3) is 4.98. The molecule has 0 saturated carbocycles. The number of carbonyl (C=O) groups is 2. The molecule has 3 aromatic rings. The summed E-state index contributed by atoms with van der Waals surface area (Å²) in [5.74, 6) is 0.166. The van der Waals surface area contributed by atoms with E-state index in [0.717, 1.165) is 17.0 Å². The van der Waals surface area contributed by atoms with Gasteiger partial charge < -0.3 is 15.0 Å². The van der Waals surface area contributed by atoms with Gasteiger partial charge in [0.15, 0.2) is 5.82 Å². The summed E-state index contributed by atoms with van der Waals surface area (Å²) in [6, 6.07) is 12.5. The summed E-state index contributed by atoms with van der Waals surface area (Å²) >= 11 is 6.24. The number of aromatic nitrogens is 3. The van der Waals surface area contributed by atoms with Gasteiger partial charge in [-0.25, -0.2) is 9.67 Å². The first-order valence-corrected chi connectivity index (χ1v) is 10.7. The summed E-state index contributed by atoms with van der Waals surface area (Å²) in [6.07, 6.45) is 0.312. The molecule has 1 aliphatic rings. The van der Waals surface area contributed by atoms with Crippen LogP contribution in [0.5, 0.6) is 0 Å². The summed E-state index contributed by atoms with van der Waals surface area (Å²) < 4.78 is 6.95. The minimum atomic E-state index is -0.421. The van der Waals surface area contributed by atoms with Crippen LogP contribution in [0, 0.1) is 13.8 Å². The van der Waals surface area contributed by atoms with Crippen molar-refractivity contribution in [1.29, 1.82) is 0 Å². The van der Waals surface area contributed by atoms with E-state index in [1.807, 2.05) is 36.9 Å². The molecule has 1 saturated heterocycles. The number of amides is 2. The van der Waals surface area contributed by atoms with E-state index >= 15 is 0 Å². The highest BCUT2D eigenvalue weighted by molar-refractivity contribution is 6.34. The van der Waals surface area contributed by atoms with Crippen molar-refractivity contribution in [2.45, 2.75) is 20.3 Å². The standard InChI is InChI=1S/C23H24ClN5O3/c1-15-13-16(2)29(27-15)20-8-7-19(24)22(26-20)23(31)25-18-5-3-17(4-6-18)14-21(30)28-9-11-32-12-10-28/h3-8,13H,9-12,14H2,1-2H3,(H,25,31). The fraction of sp³-hybridized carbons (Fsp3) is 0.304. The SMILES string of the molecule is Cc1cc(C)n(-c2ccc(Cl)c(C(=O)Nc3ccc(CC(=O)N4CCOCC4)cc3)n2)n1. The number of ether oxygens (including phenoxy) is 1. The molecule has 0 radical (unpaired) electrons. The van der Waals surface area contributed by atoms with Crippen molar-refractivity contribution in [1.82, 2.24) is 19.7 Å². The number of morpholine rings is 1. The van der Waals surface area contributed by atoms with Crippen LogP contribution >= 0.6 is 11.6 Å². The highest BCUT2D eigenvalue weighted by atomic mass is 35.5. The number of aryl methyl sites for hydroxylation is 2. The minimum absolute atomic E-state index is 0.0713. The molecule has 166 valence electrons. The lowest BCUT2D eigenvalue weighted by Gasteiger charge is -2.26. The molecule has 2 aromatic heterocycles. The average molecular weight is 454 g/mol. The van der Waals surface area contributed by atoms with E-state index in [9.17, 15) is 9.59 Å². The quantitative estimate of drug-likeness (QED) is 0.640. The van der Waals surface area contributed by atoms with Crippen LogP contribution in [0.25, 0.3) is 5.82 Å². The molecule has 1 aromatic carbocycles. The van der Waals surface area contributed by atoms with Crippen LogP contribution in [0.15, 0.2) is 42.5 Å². The topological polar surface area (TPSA) is 89.4 Å². The van der Waals surface area contributed by atoms with Gasteiger partial charge >= 0.3 is 0 Å². The average Bonchev–Trinajstić information content (AvgIpc) is 3.13. The summed E-state index contributed by atoms with van der Waals surface area (Å²) in [4.78, 5) is 31.4. The maximum atomic E-state index is 12.8. The molecule has 3 heterocycles. The Bertz CT molecular complexity index is 1140. The van der Waals surface area contributed by atoms with E-state index in [-0.39, 0.29) is 16.6 Å². The van der Waals surface area contributed by atoms with Crippen molar-refractivity contribution in [2.24, 2.45) is 0 Å². The van der Waals surface area contributed by atoms with Gasteiger partial charge in [-0.2, -0.15) is 5.10 Å². The predicted molar refractivity (Wildman–Crippen MR) is 121 cm³/mol. The maximum absolute atomic E-state index is 12.8. The normalized spacial score (nSPS) is 13.8. The molecule has 2 amide bonds. The molecule has 0 unspecified atom stereocenters. The van der Waals surface area contributed by atoms with Gasteiger partial charge in [0.25, 0.3) is 5.91 Å². The molecule has 0 spiro atoms. The second kappa shape index (κ2) is 9.50. The zero-order valence-electron chi connectivity index (χ0n) is 18.0. The molecule has 0 aliphatic carbocycles. The van der Waals surface area contributed by atoms with E-state index < -0.39 is 5.91 Å². The minimum Gasteiger partial charge on any atom is -0.378 e. The van der Waals surface area contributed by atoms with Gasteiger partial charge in [0.2, 0.25) is 5.91 Å². The number of nitrogens with one attached hydrogen (secondary N) is 1. The number of nitrogens with zero attached hydrogens (tertiary/aromatic N) is 4. The summed E-state index contributed by atoms with van der Waals surface area (Å²) in [5, 5.41) is 7.47. The van der Waals surface area contributed by atoms with Gasteiger partial charge in [-0.1, -0.05) is 23.7 Å². The molecule has 0 bridgehead atoms.